The van der Waals surface area contributed by atoms with Gasteiger partial charge in [0.1, 0.15) is 11.8 Å². The molecule has 0 saturated carbocycles. The maximum absolute atomic E-state index is 12.5. The van der Waals surface area contributed by atoms with Crippen LogP contribution in [-0.4, -0.2) is 58.8 Å². The number of imidazole rings is 1. The summed E-state index contributed by atoms with van der Waals surface area (Å²) in [6.45, 7) is 5.82. The predicted octanol–water partition coefficient (Wildman–Crippen LogP) is 1.99. The lowest BCUT2D eigenvalue weighted by Crippen LogP contribution is -2.38. The second-order valence-corrected chi connectivity index (χ2v) is 6.63. The zero-order chi connectivity index (χ0) is 18.8. The van der Waals surface area contributed by atoms with Gasteiger partial charge in [0, 0.05) is 6.54 Å². The Labute approximate surface area is 145 Å². The van der Waals surface area contributed by atoms with E-state index >= 15 is 0 Å². The first kappa shape index (κ1) is 18.8. The third-order valence-corrected chi connectivity index (χ3v) is 3.72. The first-order valence-electron chi connectivity index (χ1n) is 7.92. The number of hydrogen-bond donors (Lipinski definition) is 0. The lowest BCUT2D eigenvalue weighted by Gasteiger charge is -2.29. The first-order chi connectivity index (χ1) is 11.7. The van der Waals surface area contributed by atoms with Crippen molar-refractivity contribution in [3.63, 3.8) is 0 Å². The van der Waals surface area contributed by atoms with Crippen molar-refractivity contribution >= 4 is 18.0 Å². The predicted molar refractivity (Wildman–Crippen MR) is 86.1 cm³/mol. The third-order valence-electron chi connectivity index (χ3n) is 3.72. The van der Waals surface area contributed by atoms with Crippen molar-refractivity contribution in [2.45, 2.75) is 45.4 Å². The van der Waals surface area contributed by atoms with Crippen molar-refractivity contribution in [3.05, 3.63) is 17.7 Å². The van der Waals surface area contributed by atoms with Gasteiger partial charge in [-0.3, -0.25) is 4.90 Å². The summed E-state index contributed by atoms with van der Waals surface area (Å²) in [7, 11) is 2.41. The van der Waals surface area contributed by atoms with Crippen LogP contribution in [0.5, 0.6) is 0 Å². The molecule has 9 nitrogen and oxygen atoms in total. The zero-order valence-electron chi connectivity index (χ0n) is 15.1. The summed E-state index contributed by atoms with van der Waals surface area (Å²) in [4.78, 5) is 42.0. The van der Waals surface area contributed by atoms with E-state index in [-0.39, 0.29) is 11.4 Å². The van der Waals surface area contributed by atoms with Crippen molar-refractivity contribution in [1.82, 2.24) is 14.5 Å². The van der Waals surface area contributed by atoms with E-state index in [1.54, 1.807) is 20.8 Å². The molecule has 0 spiro atoms. The fourth-order valence-electron chi connectivity index (χ4n) is 2.70. The highest BCUT2D eigenvalue weighted by Gasteiger charge is 2.37. The Kier molecular flexibility index (Phi) is 5.34. The standard InChI is InChI=1S/C16H23N3O6/c1-16(2,3)25-15(22)18-8-6-7-10(18)19-9-17-11(13(20)23-4)12(19)14(21)24-5/h9-10H,6-8H2,1-5H3. The molecule has 0 aliphatic carbocycles. The van der Waals surface area contributed by atoms with Gasteiger partial charge in [0.2, 0.25) is 0 Å². The normalized spacial score (nSPS) is 17.3. The van der Waals surface area contributed by atoms with Gasteiger partial charge in [0.15, 0.2) is 11.4 Å². The Morgan fingerprint density at radius 1 is 1.16 bits per heavy atom. The lowest BCUT2D eigenvalue weighted by atomic mass is 10.2. The molecule has 1 unspecified atom stereocenters. The highest BCUT2D eigenvalue weighted by atomic mass is 16.6. The van der Waals surface area contributed by atoms with E-state index in [1.807, 2.05) is 0 Å². The zero-order valence-corrected chi connectivity index (χ0v) is 15.1. The van der Waals surface area contributed by atoms with Gasteiger partial charge in [0.05, 0.1) is 20.5 Å². The largest absolute Gasteiger partial charge is 0.464 e. The summed E-state index contributed by atoms with van der Waals surface area (Å²) in [5.41, 5.74) is -0.832. The van der Waals surface area contributed by atoms with Crippen LogP contribution in [0.4, 0.5) is 4.79 Å². The Balaban J connectivity index is 2.39. The van der Waals surface area contributed by atoms with Gasteiger partial charge in [-0.2, -0.15) is 0 Å². The number of nitrogens with zero attached hydrogens (tertiary/aromatic N) is 3. The Bertz CT molecular complexity index is 676. The molecule has 1 amide bonds. The van der Waals surface area contributed by atoms with Gasteiger partial charge in [-0.05, 0) is 33.6 Å². The Morgan fingerprint density at radius 3 is 2.36 bits per heavy atom. The fraction of sp³-hybridized carbons (Fsp3) is 0.625. The number of carbonyl (C=O) groups excluding carboxylic acids is 3. The second kappa shape index (κ2) is 7.12. The van der Waals surface area contributed by atoms with E-state index in [0.717, 1.165) is 6.42 Å². The number of aromatic nitrogens is 2. The van der Waals surface area contributed by atoms with E-state index in [4.69, 9.17) is 9.47 Å². The van der Waals surface area contributed by atoms with Gasteiger partial charge in [-0.15, -0.1) is 0 Å². The van der Waals surface area contributed by atoms with E-state index in [2.05, 4.69) is 9.72 Å². The number of amides is 1. The van der Waals surface area contributed by atoms with Crippen LogP contribution >= 0.6 is 0 Å². The van der Waals surface area contributed by atoms with Crippen LogP contribution in [0.2, 0.25) is 0 Å². The topological polar surface area (TPSA) is 100.0 Å². The summed E-state index contributed by atoms with van der Waals surface area (Å²) in [5.74, 6) is -1.48. The fourth-order valence-corrected chi connectivity index (χ4v) is 2.70. The third kappa shape index (κ3) is 3.92. The van der Waals surface area contributed by atoms with Gasteiger partial charge in [0.25, 0.3) is 0 Å². The molecule has 1 atom stereocenters. The van der Waals surface area contributed by atoms with Gasteiger partial charge in [-0.1, -0.05) is 0 Å². The van der Waals surface area contributed by atoms with Crippen molar-refractivity contribution < 1.29 is 28.6 Å². The van der Waals surface area contributed by atoms with E-state index in [1.165, 1.54) is 30.0 Å². The minimum atomic E-state index is -0.749. The molecule has 1 aromatic heterocycles. The number of esters is 2. The van der Waals surface area contributed by atoms with E-state index in [9.17, 15) is 14.4 Å². The maximum Gasteiger partial charge on any atom is 0.411 e. The molecular formula is C16H23N3O6. The number of rotatable bonds is 3. The van der Waals surface area contributed by atoms with Crippen molar-refractivity contribution in [1.29, 1.82) is 0 Å². The van der Waals surface area contributed by atoms with E-state index in [0.29, 0.717) is 13.0 Å². The van der Waals surface area contributed by atoms with Crippen molar-refractivity contribution in [2.75, 3.05) is 20.8 Å². The van der Waals surface area contributed by atoms with Gasteiger partial charge < -0.3 is 18.8 Å². The Hall–Kier alpha value is -2.58. The summed E-state index contributed by atoms with van der Waals surface area (Å²) in [5, 5.41) is 0. The van der Waals surface area contributed by atoms with Crippen LogP contribution in [0.3, 0.4) is 0 Å². The molecule has 0 bridgehead atoms. The molecule has 1 aliphatic rings. The van der Waals surface area contributed by atoms with Crippen LogP contribution in [0.25, 0.3) is 0 Å². The molecule has 0 N–H and O–H groups in total. The minimum absolute atomic E-state index is 0.0465. The molecule has 138 valence electrons. The summed E-state index contributed by atoms with van der Waals surface area (Å²) >= 11 is 0. The summed E-state index contributed by atoms with van der Waals surface area (Å²) in [6, 6.07) is 0. The van der Waals surface area contributed by atoms with Gasteiger partial charge >= 0.3 is 18.0 Å². The average molecular weight is 353 g/mol. The molecule has 25 heavy (non-hydrogen) atoms. The van der Waals surface area contributed by atoms with Crippen LogP contribution in [0, 0.1) is 0 Å². The number of methoxy groups -OCH3 is 2. The Morgan fingerprint density at radius 2 is 1.80 bits per heavy atom. The summed E-state index contributed by atoms with van der Waals surface area (Å²) < 4.78 is 16.3. The number of likely N-dealkylation sites (tertiary alicyclic amines) is 1. The van der Waals surface area contributed by atoms with Crippen LogP contribution in [-0.2, 0) is 14.2 Å². The molecule has 9 heteroatoms. The molecule has 2 heterocycles. The highest BCUT2D eigenvalue weighted by Crippen LogP contribution is 2.31. The molecule has 2 rings (SSSR count). The van der Waals surface area contributed by atoms with Crippen molar-refractivity contribution in [3.8, 4) is 0 Å². The molecule has 0 radical (unpaired) electrons. The quantitative estimate of drug-likeness (QED) is 0.605. The smallest absolute Gasteiger partial charge is 0.411 e. The molecule has 1 aliphatic heterocycles. The highest BCUT2D eigenvalue weighted by molar-refractivity contribution is 6.00. The van der Waals surface area contributed by atoms with Crippen LogP contribution < -0.4 is 0 Å². The number of carbonyl (C=O) groups is 3. The first-order valence-corrected chi connectivity index (χ1v) is 7.92. The molecule has 1 aromatic rings. The maximum atomic E-state index is 12.5. The van der Waals surface area contributed by atoms with E-state index < -0.39 is 29.8 Å². The number of ether oxygens (including phenoxy) is 3. The van der Waals surface area contributed by atoms with Gasteiger partial charge in [-0.25, -0.2) is 19.4 Å². The average Bonchev–Trinajstić information content (AvgIpc) is 3.17. The summed E-state index contributed by atoms with van der Waals surface area (Å²) in [6.07, 6.45) is 1.69. The SMILES string of the molecule is COC(=O)c1ncn(C2CCCN2C(=O)OC(C)(C)C)c1C(=O)OC. The lowest BCUT2D eigenvalue weighted by molar-refractivity contribution is 0.0154. The molecule has 1 fully saturated rings. The number of hydrogen-bond acceptors (Lipinski definition) is 7. The second-order valence-electron chi connectivity index (χ2n) is 6.63. The van der Waals surface area contributed by atoms with Crippen molar-refractivity contribution in [2.24, 2.45) is 0 Å². The monoisotopic (exact) mass is 353 g/mol. The minimum Gasteiger partial charge on any atom is -0.464 e. The molecule has 0 aromatic carbocycles. The van der Waals surface area contributed by atoms with Crippen LogP contribution in [0.15, 0.2) is 6.33 Å². The molecule has 1 saturated heterocycles. The van der Waals surface area contributed by atoms with Crippen LogP contribution in [0.1, 0.15) is 60.8 Å². The molecular weight excluding hydrogens is 330 g/mol.